The van der Waals surface area contributed by atoms with E-state index in [9.17, 15) is 13.2 Å². The lowest BCUT2D eigenvalue weighted by Crippen LogP contribution is -2.43. The maximum Gasteiger partial charge on any atom is 0.328 e. The minimum absolute atomic E-state index is 0.0601. The number of carbonyl (C=O) groups is 1. The van der Waals surface area contributed by atoms with Gasteiger partial charge in [-0.2, -0.15) is 0 Å². The van der Waals surface area contributed by atoms with Gasteiger partial charge in [-0.25, -0.2) is 17.9 Å². The van der Waals surface area contributed by atoms with E-state index in [4.69, 9.17) is 0 Å². The Kier molecular flexibility index (Phi) is 6.43. The van der Waals surface area contributed by atoms with E-state index in [1.54, 1.807) is 6.92 Å². The quantitative estimate of drug-likeness (QED) is 0.813. The Labute approximate surface area is 144 Å². The highest BCUT2D eigenvalue weighted by Crippen LogP contribution is 2.17. The van der Waals surface area contributed by atoms with Crippen LogP contribution in [0.15, 0.2) is 29.7 Å². The van der Waals surface area contributed by atoms with E-state index >= 15 is 0 Å². The molecule has 0 unspecified atom stereocenters. The number of aryl methyl sites for hydroxylation is 1. The number of allylic oxidation sites excluding steroid dienone is 1. The molecular weight excluding hydrogens is 324 g/mol. The maximum absolute atomic E-state index is 12.2. The van der Waals surface area contributed by atoms with Crippen LogP contribution in [0.2, 0.25) is 0 Å². The van der Waals surface area contributed by atoms with Crippen LogP contribution in [0.5, 0.6) is 0 Å². The van der Waals surface area contributed by atoms with Crippen molar-refractivity contribution in [3.05, 3.63) is 40.8 Å². The number of benzene rings is 1. The average molecular weight is 350 g/mol. The van der Waals surface area contributed by atoms with Crippen molar-refractivity contribution in [2.75, 3.05) is 0 Å². The molecule has 0 radical (unpaired) electrons. The van der Waals surface area contributed by atoms with Gasteiger partial charge in [-0.15, -0.1) is 0 Å². The number of nitrogens with one attached hydrogen (secondary N) is 2. The van der Waals surface area contributed by atoms with Crippen LogP contribution in [0.3, 0.4) is 0 Å². The Bertz CT molecular complexity index is 685. The van der Waals surface area contributed by atoms with E-state index < -0.39 is 16.1 Å². The number of hydrogen-bond acceptors (Lipinski definition) is 3. The summed E-state index contributed by atoms with van der Waals surface area (Å²) in [4.78, 5) is 12.0. The molecule has 2 amide bonds. The first kappa shape index (κ1) is 18.5. The van der Waals surface area contributed by atoms with Crippen molar-refractivity contribution >= 4 is 21.6 Å². The largest absolute Gasteiger partial charge is 0.335 e. The van der Waals surface area contributed by atoms with Crippen LogP contribution >= 0.6 is 0 Å². The first-order chi connectivity index (χ1) is 11.4. The third-order valence-corrected chi connectivity index (χ3v) is 5.40. The van der Waals surface area contributed by atoms with E-state index in [1.807, 2.05) is 31.2 Å². The van der Waals surface area contributed by atoms with Crippen LogP contribution in [-0.2, 0) is 10.0 Å². The molecule has 1 aliphatic rings. The molecule has 24 heavy (non-hydrogen) atoms. The van der Waals surface area contributed by atoms with E-state index in [0.717, 1.165) is 42.2 Å². The fourth-order valence-corrected chi connectivity index (χ4v) is 3.89. The summed E-state index contributed by atoms with van der Waals surface area (Å²) in [5, 5.41) is 3.88. The lowest BCUT2D eigenvalue weighted by atomic mass is 10.1. The highest BCUT2D eigenvalue weighted by molar-refractivity contribution is 7.93. The first-order valence-corrected chi connectivity index (χ1v) is 9.99. The third kappa shape index (κ3) is 6.00. The van der Waals surface area contributed by atoms with Crippen molar-refractivity contribution in [1.82, 2.24) is 10.0 Å². The summed E-state index contributed by atoms with van der Waals surface area (Å²) in [7, 11) is -3.82. The predicted molar refractivity (Wildman–Crippen MR) is 96.9 cm³/mol. The Morgan fingerprint density at radius 3 is 2.25 bits per heavy atom. The lowest BCUT2D eigenvalue weighted by molar-refractivity contribution is 0.240. The third-order valence-electron chi connectivity index (χ3n) is 4.26. The van der Waals surface area contributed by atoms with E-state index in [0.29, 0.717) is 5.57 Å². The minimum atomic E-state index is -3.82. The fourth-order valence-electron chi connectivity index (χ4n) is 2.91. The zero-order chi connectivity index (χ0) is 17.6. The van der Waals surface area contributed by atoms with Gasteiger partial charge in [0.05, 0.1) is 5.41 Å². The molecule has 1 aliphatic carbocycles. The van der Waals surface area contributed by atoms with Gasteiger partial charge in [0.1, 0.15) is 0 Å². The molecule has 0 saturated heterocycles. The highest BCUT2D eigenvalue weighted by Gasteiger charge is 2.18. The van der Waals surface area contributed by atoms with Crippen LogP contribution in [0.25, 0.3) is 5.57 Å². The topological polar surface area (TPSA) is 75.3 Å². The average Bonchev–Trinajstić information content (AvgIpc) is 2.75. The molecule has 2 rings (SSSR count). The Morgan fingerprint density at radius 1 is 1.08 bits per heavy atom. The summed E-state index contributed by atoms with van der Waals surface area (Å²) in [5.41, 5.74) is 2.51. The Balaban J connectivity index is 1.97. The van der Waals surface area contributed by atoms with Crippen LogP contribution in [0, 0.1) is 6.92 Å². The number of amides is 2. The van der Waals surface area contributed by atoms with Crippen LogP contribution < -0.4 is 10.0 Å². The zero-order valence-corrected chi connectivity index (χ0v) is 15.2. The molecule has 132 valence electrons. The highest BCUT2D eigenvalue weighted by atomic mass is 32.2. The molecule has 2 N–H and O–H groups in total. The molecular formula is C18H26N2O3S. The molecule has 0 aromatic heterocycles. The predicted octanol–water partition coefficient (Wildman–Crippen LogP) is 3.71. The van der Waals surface area contributed by atoms with Crippen molar-refractivity contribution < 1.29 is 13.2 Å². The van der Waals surface area contributed by atoms with Gasteiger partial charge >= 0.3 is 6.03 Å². The molecule has 0 heterocycles. The smallest absolute Gasteiger partial charge is 0.328 e. The van der Waals surface area contributed by atoms with Gasteiger partial charge < -0.3 is 5.32 Å². The molecule has 1 aromatic carbocycles. The monoisotopic (exact) mass is 350 g/mol. The summed E-state index contributed by atoms with van der Waals surface area (Å²) in [6.45, 7) is 3.69. The normalized spacial score (nSPS) is 17.2. The minimum Gasteiger partial charge on any atom is -0.335 e. The number of sulfonamides is 1. The fraction of sp³-hybridized carbons (Fsp3) is 0.500. The van der Waals surface area contributed by atoms with Gasteiger partial charge in [-0.1, -0.05) is 55.5 Å². The molecule has 0 atom stereocenters. The maximum atomic E-state index is 12.2. The summed E-state index contributed by atoms with van der Waals surface area (Å²) >= 11 is 0. The van der Waals surface area contributed by atoms with Gasteiger partial charge in [0.15, 0.2) is 0 Å². The van der Waals surface area contributed by atoms with Crippen LogP contribution in [0.4, 0.5) is 4.79 Å². The van der Waals surface area contributed by atoms with Gasteiger partial charge in [0, 0.05) is 6.04 Å². The second-order valence-electron chi connectivity index (χ2n) is 6.48. The van der Waals surface area contributed by atoms with Crippen molar-refractivity contribution in [2.45, 2.75) is 58.4 Å². The van der Waals surface area contributed by atoms with E-state index in [-0.39, 0.29) is 6.04 Å². The number of rotatable bonds is 4. The Hall–Kier alpha value is -1.82. The van der Waals surface area contributed by atoms with Gasteiger partial charge in [-0.3, -0.25) is 0 Å². The number of hydrogen-bond donors (Lipinski definition) is 2. The van der Waals surface area contributed by atoms with Crippen LogP contribution in [0.1, 0.15) is 56.6 Å². The molecule has 1 fully saturated rings. The van der Waals surface area contributed by atoms with Gasteiger partial charge in [0.2, 0.25) is 0 Å². The van der Waals surface area contributed by atoms with Crippen LogP contribution in [-0.4, -0.2) is 20.5 Å². The molecule has 0 bridgehead atoms. The molecule has 1 saturated carbocycles. The second kappa shape index (κ2) is 8.33. The van der Waals surface area contributed by atoms with E-state index in [1.165, 1.54) is 12.8 Å². The number of carbonyl (C=O) groups excluding carboxylic acids is 1. The SMILES string of the molecule is CC(=CS(=O)(=O)NC(=O)NC1CCCCCC1)c1ccc(C)cc1. The molecule has 0 aliphatic heterocycles. The van der Waals surface area contributed by atoms with Crippen molar-refractivity contribution in [2.24, 2.45) is 0 Å². The summed E-state index contributed by atoms with van der Waals surface area (Å²) in [6.07, 6.45) is 6.32. The zero-order valence-electron chi connectivity index (χ0n) is 14.3. The van der Waals surface area contributed by atoms with Crippen molar-refractivity contribution in [3.8, 4) is 0 Å². The molecule has 5 nitrogen and oxygen atoms in total. The number of urea groups is 1. The van der Waals surface area contributed by atoms with Crippen molar-refractivity contribution in [1.29, 1.82) is 0 Å². The Morgan fingerprint density at radius 2 is 1.67 bits per heavy atom. The lowest BCUT2D eigenvalue weighted by Gasteiger charge is -2.16. The standard InChI is InChI=1S/C18H26N2O3S/c1-14-9-11-16(12-10-14)15(2)13-24(22,23)20-18(21)19-17-7-5-3-4-6-8-17/h9-13,17H,3-8H2,1-2H3,(H2,19,20,21). The summed E-state index contributed by atoms with van der Waals surface area (Å²) in [5.74, 6) is 0. The van der Waals surface area contributed by atoms with Crippen molar-refractivity contribution in [3.63, 3.8) is 0 Å². The summed E-state index contributed by atoms with van der Waals surface area (Å²) < 4.78 is 26.4. The molecule has 1 aromatic rings. The molecule has 6 heteroatoms. The first-order valence-electron chi connectivity index (χ1n) is 8.44. The van der Waals surface area contributed by atoms with Gasteiger partial charge in [-0.05, 0) is 37.8 Å². The summed E-state index contributed by atoms with van der Waals surface area (Å²) in [6, 6.07) is 6.99. The van der Waals surface area contributed by atoms with E-state index in [2.05, 4.69) is 10.0 Å². The second-order valence-corrected chi connectivity index (χ2v) is 8.01. The van der Waals surface area contributed by atoms with Gasteiger partial charge in [0.25, 0.3) is 10.0 Å². The molecule has 0 spiro atoms.